The van der Waals surface area contributed by atoms with Gasteiger partial charge in [0, 0.05) is 17.5 Å². The first-order chi connectivity index (χ1) is 14.1. The highest BCUT2D eigenvalue weighted by molar-refractivity contribution is 7.99. The Kier molecular flexibility index (Phi) is 6.31. The van der Waals surface area contributed by atoms with Crippen molar-refractivity contribution in [3.8, 4) is 5.75 Å². The summed E-state index contributed by atoms with van der Waals surface area (Å²) in [7, 11) is 0. The number of carbonyl (C=O) groups is 1. The van der Waals surface area contributed by atoms with E-state index in [1.807, 2.05) is 11.5 Å². The molecule has 2 heterocycles. The molecular formula is C18H19ClN6O2S2. The van der Waals surface area contributed by atoms with Crippen LogP contribution in [0.25, 0.3) is 0 Å². The molecule has 2 aromatic heterocycles. The van der Waals surface area contributed by atoms with Crippen LogP contribution in [-0.2, 0) is 17.9 Å². The second kappa shape index (κ2) is 9.10. The number of nitrogens with zero attached hydrogens (tertiary/aromatic N) is 5. The summed E-state index contributed by atoms with van der Waals surface area (Å²) < 4.78 is 7.68. The first kappa shape index (κ1) is 20.1. The van der Waals surface area contributed by atoms with E-state index in [0.717, 1.165) is 17.8 Å². The Morgan fingerprint density at radius 1 is 1.28 bits per heavy atom. The van der Waals surface area contributed by atoms with Gasteiger partial charge in [-0.15, -0.1) is 20.4 Å². The summed E-state index contributed by atoms with van der Waals surface area (Å²) in [4.78, 5) is 12.2. The van der Waals surface area contributed by atoms with E-state index >= 15 is 0 Å². The minimum Gasteiger partial charge on any atom is -0.486 e. The molecule has 152 valence electrons. The van der Waals surface area contributed by atoms with E-state index in [9.17, 15) is 4.79 Å². The molecule has 0 bridgehead atoms. The maximum absolute atomic E-state index is 12.2. The standard InChI is InChI=1S/C18H19ClN6O2S2/c1-2-25-14(9-27-13-7-5-12(19)6-8-13)21-24-18(25)28-10-15(26)20-17-23-22-16(29-17)11-3-4-11/h5-8,11H,2-4,9-10H2,1H3,(H,20,23,26). The van der Waals surface area contributed by atoms with Crippen LogP contribution in [-0.4, -0.2) is 36.6 Å². The first-order valence-electron chi connectivity index (χ1n) is 9.19. The van der Waals surface area contributed by atoms with Crippen LogP contribution < -0.4 is 10.1 Å². The summed E-state index contributed by atoms with van der Waals surface area (Å²) in [5.74, 6) is 2.01. The van der Waals surface area contributed by atoms with Crippen LogP contribution in [0.1, 0.15) is 36.5 Å². The van der Waals surface area contributed by atoms with Gasteiger partial charge in [-0.3, -0.25) is 10.1 Å². The topological polar surface area (TPSA) is 94.8 Å². The Morgan fingerprint density at radius 3 is 2.79 bits per heavy atom. The third kappa shape index (κ3) is 5.26. The van der Waals surface area contributed by atoms with Gasteiger partial charge in [0.1, 0.15) is 17.4 Å². The SMILES string of the molecule is CCn1c(COc2ccc(Cl)cc2)nnc1SCC(=O)Nc1nnc(C2CC2)s1. The molecular weight excluding hydrogens is 432 g/mol. The third-order valence-corrected chi connectivity index (χ3v) is 6.46. The molecule has 1 amide bonds. The molecule has 0 atom stereocenters. The third-order valence-electron chi connectivity index (χ3n) is 4.24. The molecule has 29 heavy (non-hydrogen) atoms. The predicted octanol–water partition coefficient (Wildman–Crippen LogP) is 3.99. The van der Waals surface area contributed by atoms with Crippen molar-refractivity contribution in [2.45, 2.75) is 44.0 Å². The molecule has 1 aliphatic rings. The van der Waals surface area contributed by atoms with Gasteiger partial charge in [0.25, 0.3) is 0 Å². The fourth-order valence-corrected chi connectivity index (χ4v) is 4.47. The molecule has 11 heteroatoms. The number of amides is 1. The number of anilines is 1. The van der Waals surface area contributed by atoms with Crippen molar-refractivity contribution in [2.24, 2.45) is 0 Å². The highest BCUT2D eigenvalue weighted by Gasteiger charge is 2.27. The van der Waals surface area contributed by atoms with Crippen molar-refractivity contribution in [2.75, 3.05) is 11.1 Å². The summed E-state index contributed by atoms with van der Waals surface area (Å²) >= 11 is 8.66. The number of hydrogen-bond donors (Lipinski definition) is 1. The van der Waals surface area contributed by atoms with E-state index in [4.69, 9.17) is 16.3 Å². The Morgan fingerprint density at radius 2 is 2.07 bits per heavy atom. The zero-order chi connectivity index (χ0) is 20.2. The van der Waals surface area contributed by atoms with Gasteiger partial charge >= 0.3 is 0 Å². The maximum atomic E-state index is 12.2. The molecule has 3 aromatic rings. The molecule has 4 rings (SSSR count). The van der Waals surface area contributed by atoms with Gasteiger partial charge in [-0.2, -0.15) is 0 Å². The molecule has 1 N–H and O–H groups in total. The van der Waals surface area contributed by atoms with E-state index < -0.39 is 0 Å². The minimum absolute atomic E-state index is 0.141. The van der Waals surface area contributed by atoms with Crippen LogP contribution in [0, 0.1) is 0 Å². The Balaban J connectivity index is 1.30. The molecule has 1 fully saturated rings. The van der Waals surface area contributed by atoms with E-state index in [1.54, 1.807) is 24.3 Å². The number of carbonyl (C=O) groups excluding carboxylic acids is 1. The normalized spacial score (nSPS) is 13.4. The second-order valence-electron chi connectivity index (χ2n) is 6.44. The zero-order valence-electron chi connectivity index (χ0n) is 15.7. The summed E-state index contributed by atoms with van der Waals surface area (Å²) in [5, 5.41) is 22.3. The number of aromatic nitrogens is 5. The van der Waals surface area contributed by atoms with Crippen molar-refractivity contribution >= 4 is 45.7 Å². The number of benzene rings is 1. The fraction of sp³-hybridized carbons (Fsp3) is 0.389. The number of rotatable bonds is 9. The van der Waals surface area contributed by atoms with Gasteiger partial charge in [0.2, 0.25) is 11.0 Å². The summed E-state index contributed by atoms with van der Waals surface area (Å²) in [6, 6.07) is 7.15. The lowest BCUT2D eigenvalue weighted by molar-refractivity contribution is -0.113. The Bertz CT molecular complexity index is 987. The van der Waals surface area contributed by atoms with Gasteiger partial charge in [-0.05, 0) is 44.0 Å². The Labute approximate surface area is 181 Å². The lowest BCUT2D eigenvalue weighted by atomic mass is 10.3. The number of hydrogen-bond acceptors (Lipinski definition) is 8. The van der Waals surface area contributed by atoms with Crippen molar-refractivity contribution in [1.82, 2.24) is 25.0 Å². The first-order valence-corrected chi connectivity index (χ1v) is 11.4. The summed E-state index contributed by atoms with van der Waals surface area (Å²) in [5.41, 5.74) is 0. The van der Waals surface area contributed by atoms with Crippen LogP contribution in [0.5, 0.6) is 5.75 Å². The van der Waals surface area contributed by atoms with Crippen LogP contribution in [0.15, 0.2) is 29.4 Å². The van der Waals surface area contributed by atoms with Crippen LogP contribution in [0.4, 0.5) is 5.13 Å². The van der Waals surface area contributed by atoms with Crippen LogP contribution in [0.2, 0.25) is 5.02 Å². The van der Waals surface area contributed by atoms with E-state index in [1.165, 1.54) is 23.1 Å². The molecule has 0 radical (unpaired) electrons. The van der Waals surface area contributed by atoms with Gasteiger partial charge < -0.3 is 9.30 Å². The highest BCUT2D eigenvalue weighted by atomic mass is 35.5. The van der Waals surface area contributed by atoms with Gasteiger partial charge in [0.15, 0.2) is 11.0 Å². The summed E-state index contributed by atoms with van der Waals surface area (Å²) in [6.07, 6.45) is 2.32. The van der Waals surface area contributed by atoms with Gasteiger partial charge in [-0.1, -0.05) is 34.7 Å². The summed E-state index contributed by atoms with van der Waals surface area (Å²) in [6.45, 7) is 2.96. The van der Waals surface area contributed by atoms with E-state index in [0.29, 0.717) is 39.3 Å². The molecule has 1 saturated carbocycles. The van der Waals surface area contributed by atoms with Gasteiger partial charge in [-0.25, -0.2) is 0 Å². The van der Waals surface area contributed by atoms with Crippen molar-refractivity contribution in [1.29, 1.82) is 0 Å². The average Bonchev–Trinajstić information content (AvgIpc) is 3.34. The van der Waals surface area contributed by atoms with E-state index in [-0.39, 0.29) is 18.3 Å². The van der Waals surface area contributed by atoms with Crippen LogP contribution >= 0.6 is 34.7 Å². The lowest BCUT2D eigenvalue weighted by Crippen LogP contribution is -2.14. The molecule has 0 spiro atoms. The van der Waals surface area contributed by atoms with E-state index in [2.05, 4.69) is 25.7 Å². The highest BCUT2D eigenvalue weighted by Crippen LogP contribution is 2.42. The quantitative estimate of drug-likeness (QED) is 0.492. The number of halogens is 1. The number of thioether (sulfide) groups is 1. The molecule has 0 saturated heterocycles. The Hall–Kier alpha value is -2.17. The fourth-order valence-electron chi connectivity index (χ4n) is 2.59. The van der Waals surface area contributed by atoms with Crippen molar-refractivity contribution in [3.05, 3.63) is 40.1 Å². The van der Waals surface area contributed by atoms with Crippen molar-refractivity contribution in [3.63, 3.8) is 0 Å². The van der Waals surface area contributed by atoms with Gasteiger partial charge in [0.05, 0.1) is 5.75 Å². The number of ether oxygens (including phenoxy) is 1. The van der Waals surface area contributed by atoms with Crippen molar-refractivity contribution < 1.29 is 9.53 Å². The smallest absolute Gasteiger partial charge is 0.236 e. The molecule has 8 nitrogen and oxygen atoms in total. The molecule has 1 aliphatic carbocycles. The van der Waals surface area contributed by atoms with Crippen LogP contribution in [0.3, 0.4) is 0 Å². The monoisotopic (exact) mass is 450 g/mol. The number of nitrogens with one attached hydrogen (secondary N) is 1. The minimum atomic E-state index is -0.141. The predicted molar refractivity (Wildman–Crippen MR) is 113 cm³/mol. The second-order valence-corrected chi connectivity index (χ2v) is 8.83. The molecule has 1 aromatic carbocycles. The zero-order valence-corrected chi connectivity index (χ0v) is 18.1. The lowest BCUT2D eigenvalue weighted by Gasteiger charge is -2.09. The molecule has 0 aliphatic heterocycles. The maximum Gasteiger partial charge on any atom is 0.236 e. The largest absolute Gasteiger partial charge is 0.486 e. The average molecular weight is 451 g/mol. The molecule has 0 unspecified atom stereocenters.